The van der Waals surface area contributed by atoms with Gasteiger partial charge in [-0.15, -0.1) is 0 Å². The van der Waals surface area contributed by atoms with Crippen molar-refractivity contribution in [2.75, 3.05) is 11.9 Å². The highest BCUT2D eigenvalue weighted by molar-refractivity contribution is 5.91. The van der Waals surface area contributed by atoms with Crippen molar-refractivity contribution in [2.45, 2.75) is 26.8 Å². The lowest BCUT2D eigenvalue weighted by atomic mass is 10.1. The van der Waals surface area contributed by atoms with Crippen LogP contribution in [0.25, 0.3) is 0 Å². The van der Waals surface area contributed by atoms with Crippen LogP contribution in [0.3, 0.4) is 0 Å². The molecule has 0 aliphatic rings. The van der Waals surface area contributed by atoms with E-state index in [9.17, 15) is 9.59 Å². The van der Waals surface area contributed by atoms with Crippen molar-refractivity contribution < 1.29 is 14.3 Å². The first-order valence-corrected chi connectivity index (χ1v) is 8.20. The van der Waals surface area contributed by atoms with Gasteiger partial charge in [0.25, 0.3) is 5.91 Å². The zero-order chi connectivity index (χ0) is 18.9. The summed E-state index contributed by atoms with van der Waals surface area (Å²) in [4.78, 5) is 23.3. The van der Waals surface area contributed by atoms with Crippen molar-refractivity contribution in [3.63, 3.8) is 0 Å². The van der Waals surface area contributed by atoms with E-state index in [4.69, 9.17) is 10.00 Å². The Morgan fingerprint density at radius 1 is 1.08 bits per heavy atom. The van der Waals surface area contributed by atoms with Crippen LogP contribution in [0.1, 0.15) is 23.1 Å². The van der Waals surface area contributed by atoms with E-state index in [2.05, 4.69) is 10.6 Å². The molecule has 2 aromatic carbocycles. The average molecular weight is 351 g/mol. The van der Waals surface area contributed by atoms with Gasteiger partial charge in [-0.2, -0.15) is 5.26 Å². The number of anilines is 1. The molecule has 0 aliphatic carbocycles. The van der Waals surface area contributed by atoms with E-state index in [1.165, 1.54) is 0 Å². The number of rotatable bonds is 7. The lowest BCUT2D eigenvalue weighted by Gasteiger charge is -2.10. The van der Waals surface area contributed by atoms with Crippen LogP contribution in [0.4, 0.5) is 5.69 Å². The quantitative estimate of drug-likeness (QED) is 0.802. The summed E-state index contributed by atoms with van der Waals surface area (Å²) in [6, 6.07) is 14.7. The summed E-state index contributed by atoms with van der Waals surface area (Å²) in [5, 5.41) is 13.8. The topological polar surface area (TPSA) is 91.2 Å². The molecule has 2 amide bonds. The first-order chi connectivity index (χ1) is 12.5. The van der Waals surface area contributed by atoms with E-state index in [1.54, 1.807) is 30.3 Å². The van der Waals surface area contributed by atoms with Crippen molar-refractivity contribution in [1.29, 1.82) is 5.26 Å². The van der Waals surface area contributed by atoms with E-state index in [0.29, 0.717) is 18.0 Å². The number of hydrogen-bond donors (Lipinski definition) is 2. The Bertz CT molecular complexity index is 823. The molecular weight excluding hydrogens is 330 g/mol. The fraction of sp³-hybridized carbons (Fsp3) is 0.250. The fourth-order valence-electron chi connectivity index (χ4n) is 2.34. The molecule has 0 fully saturated rings. The second-order valence-electron chi connectivity index (χ2n) is 5.91. The number of carbonyl (C=O) groups excluding carboxylic acids is 2. The maximum atomic E-state index is 12.0. The van der Waals surface area contributed by atoms with Gasteiger partial charge in [-0.1, -0.05) is 29.8 Å². The Labute approximate surface area is 152 Å². The summed E-state index contributed by atoms with van der Waals surface area (Å²) in [6.45, 7) is 4.21. The smallest absolute Gasteiger partial charge is 0.262 e. The minimum absolute atomic E-state index is 0.0735. The van der Waals surface area contributed by atoms with Gasteiger partial charge >= 0.3 is 0 Å². The van der Waals surface area contributed by atoms with E-state index >= 15 is 0 Å². The van der Waals surface area contributed by atoms with Gasteiger partial charge in [-0.3, -0.25) is 9.59 Å². The molecule has 0 unspecified atom stereocenters. The Morgan fingerprint density at radius 2 is 1.81 bits per heavy atom. The summed E-state index contributed by atoms with van der Waals surface area (Å²) >= 11 is 0. The van der Waals surface area contributed by atoms with Gasteiger partial charge in [0.05, 0.1) is 6.07 Å². The number of aryl methyl sites for hydroxylation is 2. The number of nitriles is 1. The van der Waals surface area contributed by atoms with Crippen LogP contribution in [-0.2, 0) is 16.1 Å². The third-order valence-corrected chi connectivity index (χ3v) is 3.66. The third-order valence-electron chi connectivity index (χ3n) is 3.66. The van der Waals surface area contributed by atoms with Crippen molar-refractivity contribution >= 4 is 17.5 Å². The van der Waals surface area contributed by atoms with Crippen LogP contribution in [-0.4, -0.2) is 18.4 Å². The molecule has 134 valence electrons. The average Bonchev–Trinajstić information content (AvgIpc) is 2.61. The molecule has 2 aromatic rings. The van der Waals surface area contributed by atoms with Crippen molar-refractivity contribution in [3.8, 4) is 11.8 Å². The SMILES string of the molecule is Cc1ccc(OCC(=O)Nc2ccc(CNC(=O)CC#N)cc2)c(C)c1. The highest BCUT2D eigenvalue weighted by Gasteiger charge is 2.06. The van der Waals surface area contributed by atoms with Crippen LogP contribution >= 0.6 is 0 Å². The molecule has 6 heteroatoms. The summed E-state index contributed by atoms with van der Waals surface area (Å²) in [5.41, 5.74) is 3.65. The molecule has 0 saturated carbocycles. The highest BCUT2D eigenvalue weighted by Crippen LogP contribution is 2.18. The van der Waals surface area contributed by atoms with Crippen molar-refractivity contribution in [3.05, 3.63) is 59.2 Å². The molecule has 0 spiro atoms. The molecule has 2 rings (SSSR count). The number of carbonyl (C=O) groups is 2. The van der Waals surface area contributed by atoms with Crippen molar-refractivity contribution in [1.82, 2.24) is 5.32 Å². The molecule has 0 atom stereocenters. The molecule has 6 nitrogen and oxygen atoms in total. The summed E-state index contributed by atoms with van der Waals surface area (Å²) in [5.74, 6) is 0.127. The molecule has 0 saturated heterocycles. The standard InChI is InChI=1S/C20H21N3O3/c1-14-3-8-18(15(2)11-14)26-13-20(25)23-17-6-4-16(5-7-17)12-22-19(24)9-10-21/h3-8,11H,9,12-13H2,1-2H3,(H,22,24)(H,23,25). The number of benzene rings is 2. The lowest BCUT2D eigenvalue weighted by molar-refractivity contribution is -0.120. The van der Waals surface area contributed by atoms with Gasteiger partial charge in [-0.25, -0.2) is 0 Å². The molecule has 0 aliphatic heterocycles. The summed E-state index contributed by atoms with van der Waals surface area (Å²) in [7, 11) is 0. The van der Waals surface area contributed by atoms with Gasteiger partial charge in [0, 0.05) is 12.2 Å². The maximum absolute atomic E-state index is 12.0. The van der Waals surface area contributed by atoms with Gasteiger partial charge < -0.3 is 15.4 Å². The first kappa shape index (κ1) is 19.0. The molecule has 0 aromatic heterocycles. The third kappa shape index (κ3) is 5.95. The number of amides is 2. The molecule has 0 heterocycles. The summed E-state index contributed by atoms with van der Waals surface area (Å²) in [6.07, 6.45) is -0.158. The normalized spacial score (nSPS) is 9.88. The van der Waals surface area contributed by atoms with Gasteiger partial charge in [-0.05, 0) is 43.2 Å². The monoisotopic (exact) mass is 351 g/mol. The van der Waals surface area contributed by atoms with Crippen LogP contribution in [0.5, 0.6) is 5.75 Å². The second-order valence-corrected chi connectivity index (χ2v) is 5.91. The van der Waals surface area contributed by atoms with E-state index in [0.717, 1.165) is 16.7 Å². The van der Waals surface area contributed by atoms with E-state index in [-0.39, 0.29) is 24.8 Å². The van der Waals surface area contributed by atoms with Gasteiger partial charge in [0.1, 0.15) is 12.2 Å². The van der Waals surface area contributed by atoms with Crippen LogP contribution in [0.2, 0.25) is 0 Å². The highest BCUT2D eigenvalue weighted by atomic mass is 16.5. The lowest BCUT2D eigenvalue weighted by Crippen LogP contribution is -2.22. The fourth-order valence-corrected chi connectivity index (χ4v) is 2.34. The van der Waals surface area contributed by atoms with E-state index in [1.807, 2.05) is 32.0 Å². The molecule has 0 radical (unpaired) electrons. The van der Waals surface area contributed by atoms with Gasteiger partial charge in [0.2, 0.25) is 5.91 Å². The maximum Gasteiger partial charge on any atom is 0.262 e. The number of nitrogens with zero attached hydrogens (tertiary/aromatic N) is 1. The minimum atomic E-state index is -0.312. The second kappa shape index (κ2) is 9.23. The minimum Gasteiger partial charge on any atom is -0.483 e. The molecule has 0 bridgehead atoms. The predicted molar refractivity (Wildman–Crippen MR) is 98.6 cm³/mol. The molecule has 2 N–H and O–H groups in total. The van der Waals surface area contributed by atoms with Crippen LogP contribution in [0, 0.1) is 25.2 Å². The Balaban J connectivity index is 1.81. The predicted octanol–water partition coefficient (Wildman–Crippen LogP) is 2.85. The van der Waals surface area contributed by atoms with Gasteiger partial charge in [0.15, 0.2) is 6.61 Å². The summed E-state index contributed by atoms with van der Waals surface area (Å²) < 4.78 is 5.55. The molecule has 26 heavy (non-hydrogen) atoms. The number of nitrogens with one attached hydrogen (secondary N) is 2. The Kier molecular flexibility index (Phi) is 6.75. The zero-order valence-corrected chi connectivity index (χ0v) is 14.8. The van der Waals surface area contributed by atoms with Crippen LogP contribution < -0.4 is 15.4 Å². The van der Waals surface area contributed by atoms with E-state index < -0.39 is 0 Å². The van der Waals surface area contributed by atoms with Crippen LogP contribution in [0.15, 0.2) is 42.5 Å². The largest absolute Gasteiger partial charge is 0.483 e. The Hall–Kier alpha value is -3.33. The Morgan fingerprint density at radius 3 is 2.46 bits per heavy atom. The van der Waals surface area contributed by atoms with Crippen molar-refractivity contribution in [2.24, 2.45) is 0 Å². The number of hydrogen-bond acceptors (Lipinski definition) is 4. The first-order valence-electron chi connectivity index (χ1n) is 8.20. The number of ether oxygens (including phenoxy) is 1. The zero-order valence-electron chi connectivity index (χ0n) is 14.8. The molecular formula is C20H21N3O3.